The van der Waals surface area contributed by atoms with Crippen LogP contribution < -0.4 is 0 Å². The van der Waals surface area contributed by atoms with E-state index < -0.39 is 5.60 Å². The van der Waals surface area contributed by atoms with Gasteiger partial charge < -0.3 is 5.11 Å². The molecule has 0 radical (unpaired) electrons. The van der Waals surface area contributed by atoms with Crippen molar-refractivity contribution in [1.29, 1.82) is 0 Å². The summed E-state index contributed by atoms with van der Waals surface area (Å²) >= 11 is 0. The highest BCUT2D eigenvalue weighted by molar-refractivity contribution is 5.00. The summed E-state index contributed by atoms with van der Waals surface area (Å²) in [6.45, 7) is 0. The lowest BCUT2D eigenvalue weighted by Crippen LogP contribution is -2.29. The average Bonchev–Trinajstić information content (AvgIpc) is 2.58. The zero-order valence-electron chi connectivity index (χ0n) is 6.95. The van der Waals surface area contributed by atoms with E-state index in [1.807, 2.05) is 0 Å². The quantitative estimate of drug-likeness (QED) is 0.654. The molecule has 0 amide bonds. The van der Waals surface area contributed by atoms with Gasteiger partial charge in [0.25, 0.3) is 0 Å². The summed E-state index contributed by atoms with van der Waals surface area (Å²) in [5, 5.41) is 16.6. The fraction of sp³-hybridized carbons (Fsp3) is 0.750. The summed E-state index contributed by atoms with van der Waals surface area (Å²) in [5.74, 6) is 0.627. The standard InChI is InChI=1S/C8H13N3O/c12-8(4-2-1-3-5-8)7-9-6-10-11-7/h6,12H,1-5H2,(H,9,10,11). The minimum Gasteiger partial charge on any atom is -0.382 e. The van der Waals surface area contributed by atoms with Gasteiger partial charge in [-0.15, -0.1) is 0 Å². The first-order chi connectivity index (χ1) is 5.81. The lowest BCUT2D eigenvalue weighted by Gasteiger charge is -2.29. The van der Waals surface area contributed by atoms with Crippen LogP contribution in [0.25, 0.3) is 0 Å². The topological polar surface area (TPSA) is 61.8 Å². The van der Waals surface area contributed by atoms with Gasteiger partial charge in [0.05, 0.1) is 0 Å². The fourth-order valence-electron chi connectivity index (χ4n) is 1.80. The molecule has 4 nitrogen and oxygen atoms in total. The number of hydrogen-bond donors (Lipinski definition) is 2. The maximum Gasteiger partial charge on any atom is 0.156 e. The van der Waals surface area contributed by atoms with E-state index in [9.17, 15) is 5.11 Å². The molecule has 0 atom stereocenters. The van der Waals surface area contributed by atoms with Crippen LogP contribution in [0.1, 0.15) is 37.9 Å². The molecule has 0 spiro atoms. The van der Waals surface area contributed by atoms with E-state index in [1.54, 1.807) is 0 Å². The molecule has 1 aromatic heterocycles. The van der Waals surface area contributed by atoms with Crippen molar-refractivity contribution in [2.24, 2.45) is 0 Å². The van der Waals surface area contributed by atoms with Crippen molar-refractivity contribution in [3.05, 3.63) is 12.2 Å². The highest BCUT2D eigenvalue weighted by Crippen LogP contribution is 2.34. The second-order valence-electron chi connectivity index (χ2n) is 3.43. The van der Waals surface area contributed by atoms with Crippen molar-refractivity contribution >= 4 is 0 Å². The van der Waals surface area contributed by atoms with Crippen molar-refractivity contribution in [1.82, 2.24) is 15.2 Å². The molecular weight excluding hydrogens is 154 g/mol. The monoisotopic (exact) mass is 167 g/mol. The molecule has 1 heterocycles. The molecule has 1 fully saturated rings. The number of aromatic nitrogens is 3. The molecule has 2 rings (SSSR count). The lowest BCUT2D eigenvalue weighted by atomic mass is 9.84. The molecule has 1 aliphatic rings. The Morgan fingerprint density at radius 3 is 2.67 bits per heavy atom. The summed E-state index contributed by atoms with van der Waals surface area (Å²) in [7, 11) is 0. The van der Waals surface area contributed by atoms with E-state index >= 15 is 0 Å². The molecule has 4 heteroatoms. The third-order valence-electron chi connectivity index (χ3n) is 2.54. The molecule has 1 saturated carbocycles. The Balaban J connectivity index is 2.19. The Labute approximate surface area is 71.0 Å². The predicted molar refractivity (Wildman–Crippen MR) is 43.4 cm³/mol. The molecule has 1 aliphatic carbocycles. The molecule has 0 saturated heterocycles. The van der Waals surface area contributed by atoms with Gasteiger partial charge >= 0.3 is 0 Å². The van der Waals surface area contributed by atoms with E-state index in [1.165, 1.54) is 12.7 Å². The second kappa shape index (κ2) is 2.86. The van der Waals surface area contributed by atoms with Gasteiger partial charge in [-0.1, -0.05) is 19.3 Å². The van der Waals surface area contributed by atoms with Crippen molar-refractivity contribution in [3.63, 3.8) is 0 Å². The Bertz CT molecular complexity index is 239. The van der Waals surface area contributed by atoms with Gasteiger partial charge in [0.2, 0.25) is 0 Å². The first kappa shape index (κ1) is 7.73. The largest absolute Gasteiger partial charge is 0.382 e. The maximum atomic E-state index is 10.1. The number of hydrogen-bond acceptors (Lipinski definition) is 3. The van der Waals surface area contributed by atoms with Crippen molar-refractivity contribution in [3.8, 4) is 0 Å². The van der Waals surface area contributed by atoms with Crippen molar-refractivity contribution < 1.29 is 5.11 Å². The number of nitrogens with zero attached hydrogens (tertiary/aromatic N) is 2. The summed E-state index contributed by atoms with van der Waals surface area (Å²) in [6.07, 6.45) is 6.44. The highest BCUT2D eigenvalue weighted by Gasteiger charge is 2.33. The molecule has 2 N–H and O–H groups in total. The Kier molecular flexibility index (Phi) is 1.84. The van der Waals surface area contributed by atoms with Gasteiger partial charge in [-0.05, 0) is 12.8 Å². The number of nitrogens with one attached hydrogen (secondary N) is 1. The Morgan fingerprint density at radius 2 is 2.08 bits per heavy atom. The van der Waals surface area contributed by atoms with Crippen molar-refractivity contribution in [2.45, 2.75) is 37.7 Å². The van der Waals surface area contributed by atoms with Crippen LogP contribution in [0.4, 0.5) is 0 Å². The predicted octanol–water partition coefficient (Wildman–Crippen LogP) is 0.956. The van der Waals surface area contributed by atoms with E-state index in [2.05, 4.69) is 15.2 Å². The van der Waals surface area contributed by atoms with E-state index in [0.29, 0.717) is 5.82 Å². The third-order valence-corrected chi connectivity index (χ3v) is 2.54. The SMILES string of the molecule is OC1(c2ncn[nH]2)CCCCC1. The number of rotatable bonds is 1. The van der Waals surface area contributed by atoms with Gasteiger partial charge in [-0.2, -0.15) is 5.10 Å². The number of aliphatic hydroxyl groups is 1. The van der Waals surface area contributed by atoms with Crippen LogP contribution in [0.15, 0.2) is 6.33 Å². The van der Waals surface area contributed by atoms with E-state index in [-0.39, 0.29) is 0 Å². The van der Waals surface area contributed by atoms with E-state index in [0.717, 1.165) is 25.7 Å². The van der Waals surface area contributed by atoms with Gasteiger partial charge in [0.1, 0.15) is 11.9 Å². The zero-order chi connectivity index (χ0) is 8.44. The van der Waals surface area contributed by atoms with E-state index in [4.69, 9.17) is 0 Å². The first-order valence-corrected chi connectivity index (χ1v) is 4.39. The minimum atomic E-state index is -0.727. The lowest BCUT2D eigenvalue weighted by molar-refractivity contribution is -0.00860. The fourth-order valence-corrected chi connectivity index (χ4v) is 1.80. The van der Waals surface area contributed by atoms with Crippen LogP contribution in [0.2, 0.25) is 0 Å². The maximum absolute atomic E-state index is 10.1. The van der Waals surface area contributed by atoms with Gasteiger partial charge in [0, 0.05) is 0 Å². The molecule has 0 bridgehead atoms. The Morgan fingerprint density at radius 1 is 1.33 bits per heavy atom. The molecule has 0 unspecified atom stereocenters. The summed E-state index contributed by atoms with van der Waals surface area (Å²) in [4.78, 5) is 4.00. The molecule has 0 aromatic carbocycles. The second-order valence-corrected chi connectivity index (χ2v) is 3.43. The van der Waals surface area contributed by atoms with Crippen molar-refractivity contribution in [2.75, 3.05) is 0 Å². The summed E-state index contributed by atoms with van der Waals surface area (Å²) < 4.78 is 0. The van der Waals surface area contributed by atoms with Gasteiger partial charge in [-0.25, -0.2) is 4.98 Å². The molecule has 0 aliphatic heterocycles. The third kappa shape index (κ3) is 1.22. The van der Waals surface area contributed by atoms with Crippen LogP contribution in [0.5, 0.6) is 0 Å². The highest BCUT2D eigenvalue weighted by atomic mass is 16.3. The van der Waals surface area contributed by atoms with Crippen LogP contribution in [0, 0.1) is 0 Å². The number of H-pyrrole nitrogens is 1. The molecule has 66 valence electrons. The van der Waals surface area contributed by atoms with Crippen LogP contribution in [-0.4, -0.2) is 20.3 Å². The molecule has 12 heavy (non-hydrogen) atoms. The van der Waals surface area contributed by atoms with Gasteiger partial charge in [0.15, 0.2) is 5.82 Å². The van der Waals surface area contributed by atoms with Gasteiger partial charge in [-0.3, -0.25) is 5.10 Å². The summed E-state index contributed by atoms with van der Waals surface area (Å²) in [5.41, 5.74) is -0.727. The Hall–Kier alpha value is -0.900. The minimum absolute atomic E-state index is 0.627. The normalized spacial score (nSPS) is 22.4. The van der Waals surface area contributed by atoms with Crippen LogP contribution in [-0.2, 0) is 5.60 Å². The first-order valence-electron chi connectivity index (χ1n) is 4.39. The van der Waals surface area contributed by atoms with Crippen LogP contribution in [0.3, 0.4) is 0 Å². The molecular formula is C8H13N3O. The number of aromatic amines is 1. The average molecular weight is 167 g/mol. The van der Waals surface area contributed by atoms with Crippen LogP contribution >= 0.6 is 0 Å². The molecule has 1 aromatic rings. The summed E-state index contributed by atoms with van der Waals surface area (Å²) in [6, 6.07) is 0. The zero-order valence-corrected chi connectivity index (χ0v) is 6.95. The smallest absolute Gasteiger partial charge is 0.156 e.